The zero-order chi connectivity index (χ0) is 66.7. The maximum absolute atomic E-state index is 12.9. The quantitative estimate of drug-likeness (QED) is 0.188. The van der Waals surface area contributed by atoms with Crippen molar-refractivity contribution in [3.8, 4) is 23.0 Å². The van der Waals surface area contributed by atoms with E-state index in [1.807, 2.05) is 76.2 Å². The molecule has 506 valence electrons. The molecule has 0 aromatic heterocycles. The van der Waals surface area contributed by atoms with Crippen molar-refractivity contribution < 1.29 is 141 Å². The minimum Gasteiger partial charge on any atom is -0.872 e. The van der Waals surface area contributed by atoms with Crippen molar-refractivity contribution in [1.82, 2.24) is 0 Å². The SMILES string of the molecule is C1CCOC1.C1CCOC1.C1CCOC1.C1CCOC1.C1CCOC1.C1CCOC1.CC(C)[O-].CC(C)[O-].Cc1cc(Cc2cc(C)cc(C(C)(C)C)c2[O-])c([O-])c(C(C)(C)C)c1.Cc1cc(Cc2cc(C)cc(C(C)(C)C)c2[O-])c([O-])c(C(C)(C)C)c1.[Nd+3].[Nd+3]. The third-order valence-electron chi connectivity index (χ3n) is 14.2. The van der Waals surface area contributed by atoms with E-state index in [9.17, 15) is 30.6 Å². The van der Waals surface area contributed by atoms with Gasteiger partial charge < -0.3 is 59.1 Å². The topological polar surface area (TPSA) is 194 Å². The van der Waals surface area contributed by atoms with Crippen molar-refractivity contribution >= 4 is 0 Å². The number of hydrogen-bond donors (Lipinski definition) is 0. The van der Waals surface area contributed by atoms with Gasteiger partial charge in [0.15, 0.2) is 0 Å². The fraction of sp³-hybridized carbons (Fsp3) is 0.684. The van der Waals surface area contributed by atoms with Gasteiger partial charge in [-0.1, -0.05) is 204 Å². The molecule has 0 amide bonds. The van der Waals surface area contributed by atoms with Crippen LogP contribution in [-0.2, 0) is 62.9 Å². The fourth-order valence-corrected chi connectivity index (χ4v) is 9.62. The van der Waals surface area contributed by atoms with Gasteiger partial charge >= 0.3 is 81.7 Å². The van der Waals surface area contributed by atoms with Crippen LogP contribution in [0.25, 0.3) is 0 Å². The Hall–Kier alpha value is -1.54. The third-order valence-corrected chi connectivity index (χ3v) is 14.2. The predicted molar refractivity (Wildman–Crippen MR) is 354 cm³/mol. The number of rotatable bonds is 4. The molecule has 0 unspecified atom stereocenters. The molecule has 0 aliphatic carbocycles. The van der Waals surface area contributed by atoms with Gasteiger partial charge in [-0.2, -0.15) is 0 Å². The third kappa shape index (κ3) is 40.8. The summed E-state index contributed by atoms with van der Waals surface area (Å²) in [6.07, 6.45) is 15.3. The summed E-state index contributed by atoms with van der Waals surface area (Å²) in [5, 5.41) is 70.8. The number of benzene rings is 4. The van der Waals surface area contributed by atoms with Crippen LogP contribution in [-0.4, -0.2) is 91.5 Å². The van der Waals surface area contributed by atoms with Crippen molar-refractivity contribution in [2.75, 3.05) is 79.3 Å². The Morgan fingerprint density at radius 3 is 0.500 bits per heavy atom. The molecule has 90 heavy (non-hydrogen) atoms. The van der Waals surface area contributed by atoms with E-state index in [0.29, 0.717) is 35.1 Å². The van der Waals surface area contributed by atoms with Crippen LogP contribution < -0.4 is 30.6 Å². The molecule has 4 aromatic carbocycles. The molecular formula is C76H122Nd2O12. The second kappa shape index (κ2) is 48.2. The average molecular weight is 1520 g/mol. The molecular weight excluding hydrogens is 1390 g/mol. The van der Waals surface area contributed by atoms with Gasteiger partial charge in [0, 0.05) is 79.3 Å². The molecule has 6 aliphatic heterocycles. The number of hydrogen-bond acceptors (Lipinski definition) is 12. The van der Waals surface area contributed by atoms with Gasteiger partial charge in [0.05, 0.1) is 0 Å². The maximum Gasteiger partial charge on any atom is 3.00 e. The van der Waals surface area contributed by atoms with E-state index >= 15 is 0 Å². The van der Waals surface area contributed by atoms with Crippen molar-refractivity contribution in [2.24, 2.45) is 0 Å². The summed E-state index contributed by atoms with van der Waals surface area (Å²) in [4.78, 5) is 0. The van der Waals surface area contributed by atoms with Gasteiger partial charge in [0.2, 0.25) is 0 Å². The molecule has 0 saturated carbocycles. The van der Waals surface area contributed by atoms with Crippen LogP contribution in [0, 0.1) is 109 Å². The normalized spacial score (nSPS) is 15.7. The molecule has 12 nitrogen and oxygen atoms in total. The zero-order valence-corrected chi connectivity index (χ0v) is 66.5. The van der Waals surface area contributed by atoms with Crippen molar-refractivity contribution in [3.63, 3.8) is 0 Å². The molecule has 0 N–H and O–H groups in total. The van der Waals surface area contributed by atoms with E-state index in [1.54, 1.807) is 27.7 Å². The Bertz CT molecular complexity index is 2090. The van der Waals surface area contributed by atoms with E-state index in [2.05, 4.69) is 83.1 Å². The fourth-order valence-electron chi connectivity index (χ4n) is 9.62. The van der Waals surface area contributed by atoms with Gasteiger partial charge in [-0.15, -0.1) is 35.2 Å². The minimum atomic E-state index is -0.417. The second-order valence-electron chi connectivity index (χ2n) is 28.6. The molecule has 6 aliphatic rings. The first-order valence-electron chi connectivity index (χ1n) is 33.1. The van der Waals surface area contributed by atoms with Crippen LogP contribution >= 0.6 is 0 Å². The van der Waals surface area contributed by atoms with Gasteiger partial charge in [-0.3, -0.25) is 0 Å². The molecule has 4 aromatic rings. The van der Waals surface area contributed by atoms with Crippen LogP contribution in [0.5, 0.6) is 23.0 Å². The predicted octanol–water partition coefficient (Wildman–Crippen LogP) is 13.6. The van der Waals surface area contributed by atoms with Crippen molar-refractivity contribution in [3.05, 3.63) is 115 Å². The molecule has 6 fully saturated rings. The Morgan fingerprint density at radius 1 is 0.289 bits per heavy atom. The number of aryl methyl sites for hydroxylation is 4. The van der Waals surface area contributed by atoms with Crippen LogP contribution in [0.3, 0.4) is 0 Å². The Morgan fingerprint density at radius 2 is 0.411 bits per heavy atom. The monoisotopic (exact) mass is 1510 g/mol. The van der Waals surface area contributed by atoms with Crippen molar-refractivity contribution in [2.45, 2.75) is 262 Å². The van der Waals surface area contributed by atoms with Crippen LogP contribution in [0.15, 0.2) is 48.5 Å². The van der Waals surface area contributed by atoms with Gasteiger partial charge in [-0.05, 0) is 162 Å². The van der Waals surface area contributed by atoms with E-state index in [-0.39, 0.29) is 126 Å². The van der Waals surface area contributed by atoms with E-state index in [0.717, 1.165) is 124 Å². The second-order valence-corrected chi connectivity index (χ2v) is 28.6. The molecule has 14 heteroatoms. The smallest absolute Gasteiger partial charge is 0.872 e. The van der Waals surface area contributed by atoms with Gasteiger partial charge in [-0.25, -0.2) is 0 Å². The first-order chi connectivity index (χ1) is 41.1. The van der Waals surface area contributed by atoms with Crippen LogP contribution in [0.1, 0.15) is 255 Å². The molecule has 0 bridgehead atoms. The van der Waals surface area contributed by atoms with E-state index < -0.39 is 12.2 Å². The summed E-state index contributed by atoms with van der Waals surface area (Å²) in [5.74, 6) is 0.264. The first-order valence-corrected chi connectivity index (χ1v) is 33.1. The molecule has 6 saturated heterocycles. The summed E-state index contributed by atoms with van der Waals surface area (Å²) < 4.78 is 29.7. The molecule has 6 heterocycles. The Balaban J connectivity index is 0. The number of ether oxygens (including phenoxy) is 6. The molecule has 0 atom stereocenters. The minimum absolute atomic E-state index is 0. The average Bonchev–Trinajstić information content (AvgIpc) is 1.98. The summed E-state index contributed by atoms with van der Waals surface area (Å²) >= 11 is 0. The van der Waals surface area contributed by atoms with Crippen LogP contribution in [0.4, 0.5) is 0 Å². The van der Waals surface area contributed by atoms with Gasteiger partial charge in [0.1, 0.15) is 0 Å². The van der Waals surface area contributed by atoms with E-state index in [1.165, 1.54) is 77.0 Å². The standard InChI is InChI=1S/2C23H32O2.6C4H8O.2C3H7O.2Nd/c2*1-14-9-16(20(24)18(11-14)22(3,4)5)13-17-10-15(2)12-19(21(17)25)23(6,7)8;6*1-2-4-5-3-1;2*1-3(2)4;;/h2*9-12,24-25H,13H2,1-8H3;6*1-4H2;2*3H,1-2H3;;/q;;;;;;;;2*-1;2*+3/p-4. The van der Waals surface area contributed by atoms with Gasteiger partial charge in [0.25, 0.3) is 0 Å². The van der Waals surface area contributed by atoms with Crippen molar-refractivity contribution in [1.29, 1.82) is 0 Å². The summed E-state index contributed by atoms with van der Waals surface area (Å²) in [5.41, 5.74) is 9.57. The molecule has 0 spiro atoms. The summed E-state index contributed by atoms with van der Waals surface area (Å²) in [6.45, 7) is 51.1. The van der Waals surface area contributed by atoms with E-state index in [4.69, 9.17) is 28.4 Å². The largest absolute Gasteiger partial charge is 3.00 e. The molecule has 2 radical (unpaired) electrons. The summed E-state index contributed by atoms with van der Waals surface area (Å²) in [6, 6.07) is 15.6. The Kier molecular flexibility index (Phi) is 48.5. The maximum atomic E-state index is 12.9. The first kappa shape index (κ1) is 90.5. The zero-order valence-electron chi connectivity index (χ0n) is 60.1. The van der Waals surface area contributed by atoms with Crippen LogP contribution in [0.2, 0.25) is 0 Å². The molecule has 10 rings (SSSR count). The summed E-state index contributed by atoms with van der Waals surface area (Å²) in [7, 11) is 0. The Labute approximate surface area is 614 Å².